The SMILES string of the molecule is CC/C=C\C/C=C\C/C=C\C/C=C\CCCCCCCCCCCCCCC(=O)OCC(COC(=O)CCCCCCC/C=C\CCCCCC)OC(=O)CCCCCCCCCCCCCC/C=C\C/C=C\C/C=C\C/C=C\CC. The van der Waals surface area contributed by atoms with Crippen molar-refractivity contribution >= 4 is 17.9 Å². The van der Waals surface area contributed by atoms with Crippen molar-refractivity contribution in [2.75, 3.05) is 13.2 Å². The van der Waals surface area contributed by atoms with Crippen molar-refractivity contribution in [2.45, 2.75) is 335 Å². The van der Waals surface area contributed by atoms with Gasteiger partial charge in [0.05, 0.1) is 0 Å². The first kappa shape index (κ1) is 77.1. The molecule has 0 spiro atoms. The summed E-state index contributed by atoms with van der Waals surface area (Å²) in [5.74, 6) is -0.881. The third-order valence-electron chi connectivity index (χ3n) is 14.7. The van der Waals surface area contributed by atoms with Crippen molar-refractivity contribution in [2.24, 2.45) is 0 Å². The van der Waals surface area contributed by atoms with E-state index in [0.717, 1.165) is 116 Å². The van der Waals surface area contributed by atoms with E-state index in [4.69, 9.17) is 14.2 Å². The van der Waals surface area contributed by atoms with E-state index in [-0.39, 0.29) is 31.1 Å². The maximum absolute atomic E-state index is 13.0. The molecule has 81 heavy (non-hydrogen) atoms. The molecular weight excluding hydrogens is 997 g/mol. The highest BCUT2D eigenvalue weighted by atomic mass is 16.6. The largest absolute Gasteiger partial charge is 0.462 e. The molecular formula is C75H128O6. The second kappa shape index (κ2) is 68.6. The molecule has 464 valence electrons. The first-order chi connectivity index (χ1) is 40.0. The second-order valence-corrected chi connectivity index (χ2v) is 22.7. The Bertz CT molecular complexity index is 1620. The number of ether oxygens (including phenoxy) is 3. The fourth-order valence-corrected chi connectivity index (χ4v) is 9.66. The number of rotatable bonds is 62. The molecule has 0 saturated heterocycles. The molecule has 0 rings (SSSR count). The van der Waals surface area contributed by atoms with Gasteiger partial charge in [-0.05, 0) is 122 Å². The van der Waals surface area contributed by atoms with E-state index in [2.05, 4.69) is 130 Å². The predicted molar refractivity (Wildman–Crippen MR) is 353 cm³/mol. The van der Waals surface area contributed by atoms with E-state index in [1.807, 2.05) is 0 Å². The average molecular weight is 1130 g/mol. The Morgan fingerprint density at radius 1 is 0.259 bits per heavy atom. The van der Waals surface area contributed by atoms with Crippen molar-refractivity contribution in [3.63, 3.8) is 0 Å². The number of hydrogen-bond acceptors (Lipinski definition) is 6. The van der Waals surface area contributed by atoms with Crippen LogP contribution in [0.4, 0.5) is 0 Å². The molecule has 0 aliphatic rings. The molecule has 0 aromatic carbocycles. The lowest BCUT2D eigenvalue weighted by Gasteiger charge is -2.18. The van der Waals surface area contributed by atoms with Crippen LogP contribution in [0, 0.1) is 0 Å². The van der Waals surface area contributed by atoms with Crippen molar-refractivity contribution in [1.82, 2.24) is 0 Å². The zero-order valence-corrected chi connectivity index (χ0v) is 53.3. The van der Waals surface area contributed by atoms with Crippen molar-refractivity contribution in [1.29, 1.82) is 0 Å². The minimum Gasteiger partial charge on any atom is -0.462 e. The van der Waals surface area contributed by atoms with Gasteiger partial charge in [0, 0.05) is 19.3 Å². The van der Waals surface area contributed by atoms with Crippen molar-refractivity contribution in [3.8, 4) is 0 Å². The zero-order chi connectivity index (χ0) is 58.5. The van der Waals surface area contributed by atoms with Crippen LogP contribution in [0.25, 0.3) is 0 Å². The average Bonchev–Trinajstić information content (AvgIpc) is 3.46. The number of carbonyl (C=O) groups excluding carboxylic acids is 3. The standard InChI is InChI=1S/C75H128O6/c1-4-7-10-13-16-19-22-25-27-29-31-33-35-37-39-41-43-45-47-50-53-56-59-62-65-68-74(77)80-71-72(70-79-73(76)67-64-61-58-55-52-49-24-21-18-15-12-9-6-3)81-75(78)69-66-63-60-57-54-51-48-46-44-42-40-38-36-34-32-30-28-26-23-20-17-14-11-8-5-2/h7-8,10-11,16-17,19-21,24-28,31-34,72H,4-6,9,12-15,18,22-23,29-30,35-71H2,1-3H3/b10-7-,11-8-,19-16-,20-17-,24-21-,27-25-,28-26-,33-31-,34-32-. The summed E-state index contributed by atoms with van der Waals surface area (Å²) in [4.78, 5) is 38.4. The van der Waals surface area contributed by atoms with Crippen LogP contribution >= 0.6 is 0 Å². The molecule has 0 saturated carbocycles. The van der Waals surface area contributed by atoms with Gasteiger partial charge in [0.25, 0.3) is 0 Å². The van der Waals surface area contributed by atoms with Gasteiger partial charge in [0.2, 0.25) is 0 Å². The minimum atomic E-state index is -0.785. The molecule has 0 fully saturated rings. The van der Waals surface area contributed by atoms with Gasteiger partial charge >= 0.3 is 17.9 Å². The Kier molecular flexibility index (Phi) is 65.2. The molecule has 0 amide bonds. The summed E-state index contributed by atoms with van der Waals surface area (Å²) in [6, 6.07) is 0. The first-order valence-corrected chi connectivity index (χ1v) is 34.4. The quantitative estimate of drug-likeness (QED) is 0.0261. The van der Waals surface area contributed by atoms with Crippen LogP contribution in [0.1, 0.15) is 329 Å². The van der Waals surface area contributed by atoms with E-state index in [1.165, 1.54) is 173 Å². The van der Waals surface area contributed by atoms with Crippen LogP contribution in [-0.2, 0) is 28.6 Å². The summed E-state index contributed by atoms with van der Waals surface area (Å²) in [6.45, 7) is 6.42. The van der Waals surface area contributed by atoms with E-state index in [0.29, 0.717) is 19.3 Å². The fraction of sp³-hybridized carbons (Fsp3) is 0.720. The zero-order valence-electron chi connectivity index (χ0n) is 53.3. The summed E-state index contributed by atoms with van der Waals surface area (Å²) in [5.41, 5.74) is 0. The highest BCUT2D eigenvalue weighted by Crippen LogP contribution is 2.17. The molecule has 0 aromatic rings. The van der Waals surface area contributed by atoms with Crippen LogP contribution in [0.2, 0.25) is 0 Å². The van der Waals surface area contributed by atoms with Crippen LogP contribution in [0.3, 0.4) is 0 Å². The highest BCUT2D eigenvalue weighted by molar-refractivity contribution is 5.71. The van der Waals surface area contributed by atoms with E-state index < -0.39 is 6.10 Å². The maximum Gasteiger partial charge on any atom is 0.306 e. The first-order valence-electron chi connectivity index (χ1n) is 34.4. The molecule has 0 aliphatic carbocycles. The molecule has 0 bridgehead atoms. The molecule has 0 aromatic heterocycles. The highest BCUT2D eigenvalue weighted by Gasteiger charge is 2.19. The number of allylic oxidation sites excluding steroid dienone is 18. The van der Waals surface area contributed by atoms with Crippen molar-refractivity contribution in [3.05, 3.63) is 109 Å². The molecule has 0 N–H and O–H groups in total. The summed E-state index contributed by atoms with van der Waals surface area (Å²) in [6.07, 6.45) is 93.9. The van der Waals surface area contributed by atoms with E-state index in [9.17, 15) is 14.4 Å². The lowest BCUT2D eigenvalue weighted by Crippen LogP contribution is -2.30. The Morgan fingerprint density at radius 3 is 0.765 bits per heavy atom. The maximum atomic E-state index is 13.0. The number of esters is 3. The predicted octanol–water partition coefficient (Wildman–Crippen LogP) is 23.8. The van der Waals surface area contributed by atoms with Gasteiger partial charge in [-0.15, -0.1) is 0 Å². The number of hydrogen-bond donors (Lipinski definition) is 0. The van der Waals surface area contributed by atoms with E-state index >= 15 is 0 Å². The normalized spacial score (nSPS) is 12.8. The molecule has 1 unspecified atom stereocenters. The Morgan fingerprint density at radius 2 is 0.481 bits per heavy atom. The molecule has 0 radical (unpaired) electrons. The van der Waals surface area contributed by atoms with Crippen LogP contribution < -0.4 is 0 Å². The van der Waals surface area contributed by atoms with Crippen LogP contribution in [0.15, 0.2) is 109 Å². The van der Waals surface area contributed by atoms with E-state index in [1.54, 1.807) is 0 Å². The van der Waals surface area contributed by atoms with Gasteiger partial charge in [0.1, 0.15) is 13.2 Å². The van der Waals surface area contributed by atoms with Gasteiger partial charge in [0.15, 0.2) is 6.10 Å². The summed E-state index contributed by atoms with van der Waals surface area (Å²) in [7, 11) is 0. The molecule has 0 aliphatic heterocycles. The third kappa shape index (κ3) is 66.8. The Balaban J connectivity index is 4.30. The lowest BCUT2D eigenvalue weighted by molar-refractivity contribution is -0.167. The molecule has 1 atom stereocenters. The van der Waals surface area contributed by atoms with Crippen molar-refractivity contribution < 1.29 is 28.6 Å². The van der Waals surface area contributed by atoms with Gasteiger partial charge in [-0.1, -0.05) is 297 Å². The number of carbonyl (C=O) groups is 3. The smallest absolute Gasteiger partial charge is 0.306 e. The van der Waals surface area contributed by atoms with Gasteiger partial charge in [-0.2, -0.15) is 0 Å². The minimum absolute atomic E-state index is 0.0810. The Hall–Kier alpha value is -3.93. The van der Waals surface area contributed by atoms with Crippen LogP contribution in [-0.4, -0.2) is 37.2 Å². The Labute approximate surface area is 501 Å². The lowest BCUT2D eigenvalue weighted by atomic mass is 10.0. The van der Waals surface area contributed by atoms with Crippen LogP contribution in [0.5, 0.6) is 0 Å². The summed E-state index contributed by atoms with van der Waals surface area (Å²) in [5, 5.41) is 0. The fourth-order valence-electron chi connectivity index (χ4n) is 9.66. The number of unbranched alkanes of at least 4 members (excludes halogenated alkanes) is 33. The summed E-state index contributed by atoms with van der Waals surface area (Å²) >= 11 is 0. The molecule has 6 heteroatoms. The molecule has 0 heterocycles. The van der Waals surface area contributed by atoms with Gasteiger partial charge < -0.3 is 14.2 Å². The van der Waals surface area contributed by atoms with Gasteiger partial charge in [-0.3, -0.25) is 14.4 Å². The summed E-state index contributed by atoms with van der Waals surface area (Å²) < 4.78 is 17.0. The second-order valence-electron chi connectivity index (χ2n) is 22.7. The monoisotopic (exact) mass is 1120 g/mol. The molecule has 6 nitrogen and oxygen atoms in total. The topological polar surface area (TPSA) is 78.9 Å². The third-order valence-corrected chi connectivity index (χ3v) is 14.7. The van der Waals surface area contributed by atoms with Gasteiger partial charge in [-0.25, -0.2) is 0 Å².